The van der Waals surface area contributed by atoms with Crippen molar-refractivity contribution >= 4 is 39.7 Å². The zero-order chi connectivity index (χ0) is 22.0. The number of benzene rings is 1. The van der Waals surface area contributed by atoms with Crippen molar-refractivity contribution in [1.82, 2.24) is 19.1 Å². The molecule has 1 aromatic carbocycles. The van der Waals surface area contributed by atoms with E-state index in [9.17, 15) is 9.59 Å². The summed E-state index contributed by atoms with van der Waals surface area (Å²) in [6.07, 6.45) is 4.37. The van der Waals surface area contributed by atoms with Crippen LogP contribution in [0.2, 0.25) is 0 Å². The molecule has 8 nitrogen and oxygen atoms in total. The van der Waals surface area contributed by atoms with Gasteiger partial charge in [0.15, 0.2) is 5.13 Å². The van der Waals surface area contributed by atoms with Crippen LogP contribution in [0.15, 0.2) is 52.9 Å². The Morgan fingerprint density at radius 1 is 1.19 bits per heavy atom. The van der Waals surface area contributed by atoms with Gasteiger partial charge < -0.3 is 10.2 Å². The van der Waals surface area contributed by atoms with E-state index in [-0.39, 0.29) is 17.3 Å². The van der Waals surface area contributed by atoms with Gasteiger partial charge in [0, 0.05) is 31.7 Å². The molecule has 4 rings (SSSR count). The minimum atomic E-state index is -0.336. The van der Waals surface area contributed by atoms with Gasteiger partial charge in [-0.1, -0.05) is 19.1 Å². The predicted molar refractivity (Wildman–Crippen MR) is 125 cm³/mol. The lowest BCUT2D eigenvalue weighted by Crippen LogP contribution is -2.25. The number of fused-ring (bicyclic) bond motifs is 1. The second-order valence-corrected chi connectivity index (χ2v) is 7.94. The SMILES string of the molecule is CCCN(CC)c1ccncc1NC(=O)c1csc(-n2c(=O)n(C)c3ccccc32)n1. The highest BCUT2D eigenvalue weighted by atomic mass is 32.1. The zero-order valence-corrected chi connectivity index (χ0v) is 18.5. The van der Waals surface area contributed by atoms with Crippen molar-refractivity contribution in [3.63, 3.8) is 0 Å². The van der Waals surface area contributed by atoms with Gasteiger partial charge in [-0.25, -0.2) is 14.3 Å². The number of carbonyl (C=O) groups is 1. The first-order chi connectivity index (χ1) is 15.0. The van der Waals surface area contributed by atoms with E-state index in [1.807, 2.05) is 30.3 Å². The minimum Gasteiger partial charge on any atom is -0.370 e. The molecule has 0 unspecified atom stereocenters. The van der Waals surface area contributed by atoms with E-state index in [4.69, 9.17) is 0 Å². The van der Waals surface area contributed by atoms with Crippen LogP contribution in [-0.4, -0.2) is 38.1 Å². The number of hydrogen-bond donors (Lipinski definition) is 1. The number of carbonyl (C=O) groups excluding carboxylic acids is 1. The van der Waals surface area contributed by atoms with Crippen LogP contribution in [0.25, 0.3) is 16.2 Å². The van der Waals surface area contributed by atoms with Crippen molar-refractivity contribution in [3.8, 4) is 5.13 Å². The van der Waals surface area contributed by atoms with Crippen LogP contribution in [0.4, 0.5) is 11.4 Å². The Morgan fingerprint density at radius 3 is 2.71 bits per heavy atom. The Balaban J connectivity index is 1.64. The lowest BCUT2D eigenvalue weighted by Gasteiger charge is -2.24. The Hall–Kier alpha value is -3.46. The number of pyridine rings is 1. The first-order valence-electron chi connectivity index (χ1n) is 10.2. The molecule has 1 amide bonds. The molecule has 0 radical (unpaired) electrons. The monoisotopic (exact) mass is 436 g/mol. The van der Waals surface area contributed by atoms with Crippen LogP contribution in [0, 0.1) is 0 Å². The predicted octanol–water partition coefficient (Wildman–Crippen LogP) is 3.67. The third-order valence-corrected chi connectivity index (χ3v) is 5.97. The van der Waals surface area contributed by atoms with Gasteiger partial charge in [0.2, 0.25) is 0 Å². The third-order valence-electron chi connectivity index (χ3n) is 5.14. The van der Waals surface area contributed by atoms with Crippen molar-refractivity contribution in [1.29, 1.82) is 0 Å². The number of para-hydroxylation sites is 2. The summed E-state index contributed by atoms with van der Waals surface area (Å²) in [4.78, 5) is 36.5. The fraction of sp³-hybridized carbons (Fsp3) is 0.273. The van der Waals surface area contributed by atoms with E-state index in [0.29, 0.717) is 10.8 Å². The van der Waals surface area contributed by atoms with E-state index in [0.717, 1.165) is 36.2 Å². The van der Waals surface area contributed by atoms with Crippen molar-refractivity contribution in [2.75, 3.05) is 23.3 Å². The zero-order valence-electron chi connectivity index (χ0n) is 17.7. The van der Waals surface area contributed by atoms with E-state index >= 15 is 0 Å². The van der Waals surface area contributed by atoms with Crippen molar-refractivity contribution in [2.45, 2.75) is 20.3 Å². The number of nitrogens with zero attached hydrogens (tertiary/aromatic N) is 5. The number of amides is 1. The van der Waals surface area contributed by atoms with Crippen LogP contribution in [0.5, 0.6) is 0 Å². The van der Waals surface area contributed by atoms with Crippen LogP contribution in [0.3, 0.4) is 0 Å². The molecule has 4 aromatic rings. The first kappa shape index (κ1) is 20.8. The molecule has 1 N–H and O–H groups in total. The molecule has 0 fully saturated rings. The Kier molecular flexibility index (Phi) is 5.85. The van der Waals surface area contributed by atoms with Gasteiger partial charge in [0.1, 0.15) is 5.69 Å². The van der Waals surface area contributed by atoms with Crippen molar-refractivity contribution in [3.05, 3.63) is 64.3 Å². The van der Waals surface area contributed by atoms with Crippen molar-refractivity contribution in [2.24, 2.45) is 7.05 Å². The maximum Gasteiger partial charge on any atom is 0.335 e. The molecular weight excluding hydrogens is 412 g/mol. The van der Waals surface area contributed by atoms with E-state index in [1.165, 1.54) is 15.9 Å². The number of nitrogens with one attached hydrogen (secondary N) is 1. The quantitative estimate of drug-likeness (QED) is 0.478. The minimum absolute atomic E-state index is 0.199. The van der Waals surface area contributed by atoms with Gasteiger partial charge in [-0.05, 0) is 31.5 Å². The van der Waals surface area contributed by atoms with Gasteiger partial charge in [0.05, 0.1) is 28.6 Å². The molecule has 9 heteroatoms. The highest BCUT2D eigenvalue weighted by Gasteiger charge is 2.19. The second-order valence-electron chi connectivity index (χ2n) is 7.11. The maximum absolute atomic E-state index is 12.9. The molecule has 0 aliphatic carbocycles. The lowest BCUT2D eigenvalue weighted by molar-refractivity contribution is 0.102. The summed E-state index contributed by atoms with van der Waals surface area (Å²) in [6, 6.07) is 9.41. The molecule has 0 aliphatic heterocycles. The topological polar surface area (TPSA) is 85.0 Å². The van der Waals surface area contributed by atoms with Crippen LogP contribution >= 0.6 is 11.3 Å². The number of aromatic nitrogens is 4. The van der Waals surface area contributed by atoms with Gasteiger partial charge in [0.25, 0.3) is 5.91 Å². The summed E-state index contributed by atoms with van der Waals surface area (Å²) in [5, 5.41) is 5.05. The second kappa shape index (κ2) is 8.73. The number of hydrogen-bond acceptors (Lipinski definition) is 6. The smallest absolute Gasteiger partial charge is 0.335 e. The van der Waals surface area contributed by atoms with Crippen LogP contribution in [0.1, 0.15) is 30.8 Å². The van der Waals surface area contributed by atoms with E-state index in [2.05, 4.69) is 34.0 Å². The molecule has 0 aliphatic rings. The molecule has 0 bridgehead atoms. The number of aryl methyl sites for hydroxylation is 1. The molecule has 0 atom stereocenters. The average Bonchev–Trinajstić information content (AvgIpc) is 3.36. The van der Waals surface area contributed by atoms with Gasteiger partial charge in [-0.2, -0.15) is 0 Å². The molecule has 0 saturated carbocycles. The molecule has 0 saturated heterocycles. The maximum atomic E-state index is 12.9. The average molecular weight is 437 g/mol. The summed E-state index contributed by atoms with van der Waals surface area (Å²) in [6.45, 7) is 5.91. The summed E-state index contributed by atoms with van der Waals surface area (Å²) < 4.78 is 3.11. The Labute approximate surface area is 183 Å². The summed E-state index contributed by atoms with van der Waals surface area (Å²) in [7, 11) is 1.72. The van der Waals surface area contributed by atoms with E-state index in [1.54, 1.807) is 29.4 Å². The number of anilines is 2. The van der Waals surface area contributed by atoms with Crippen LogP contribution in [-0.2, 0) is 7.05 Å². The Morgan fingerprint density at radius 2 is 1.97 bits per heavy atom. The standard InChI is InChI=1S/C22H24N6O2S/c1-4-12-27(5-2)17-10-11-23-13-15(17)24-20(29)16-14-31-21(25-16)28-19-9-7-6-8-18(19)26(3)22(28)30/h6-11,13-14H,4-5,12H2,1-3H3,(H,24,29). The van der Waals surface area contributed by atoms with Gasteiger partial charge in [-0.15, -0.1) is 11.3 Å². The fourth-order valence-electron chi connectivity index (χ4n) is 3.61. The molecule has 31 heavy (non-hydrogen) atoms. The molecule has 160 valence electrons. The molecule has 3 aromatic heterocycles. The highest BCUT2D eigenvalue weighted by Crippen LogP contribution is 2.26. The molecule has 3 heterocycles. The largest absolute Gasteiger partial charge is 0.370 e. The normalized spacial score (nSPS) is 11.1. The van der Waals surface area contributed by atoms with Crippen molar-refractivity contribution < 1.29 is 4.79 Å². The number of imidazole rings is 1. The van der Waals surface area contributed by atoms with E-state index < -0.39 is 0 Å². The third kappa shape index (κ3) is 3.84. The highest BCUT2D eigenvalue weighted by molar-refractivity contribution is 7.12. The molecular formula is C22H24N6O2S. The van der Waals surface area contributed by atoms with Gasteiger partial charge in [-0.3, -0.25) is 14.3 Å². The number of rotatable bonds is 7. The fourth-order valence-corrected chi connectivity index (χ4v) is 4.42. The van der Waals surface area contributed by atoms with Gasteiger partial charge >= 0.3 is 5.69 Å². The molecule has 0 spiro atoms. The lowest BCUT2D eigenvalue weighted by atomic mass is 10.2. The summed E-state index contributed by atoms with van der Waals surface area (Å²) in [5.74, 6) is -0.336. The first-order valence-corrected chi connectivity index (χ1v) is 11.1. The number of thiazole rings is 1. The Bertz CT molecular complexity index is 1290. The van der Waals surface area contributed by atoms with Crippen LogP contribution < -0.4 is 15.9 Å². The summed E-state index contributed by atoms with van der Waals surface area (Å²) >= 11 is 1.26. The summed E-state index contributed by atoms with van der Waals surface area (Å²) in [5.41, 5.74) is 3.18.